The molecule has 0 spiro atoms. The molecule has 134 valence electrons. The molecule has 1 fully saturated rings. The van der Waals surface area contributed by atoms with Crippen LogP contribution in [0, 0.1) is 19.8 Å². The number of thiazole rings is 1. The zero-order chi connectivity index (χ0) is 17.8. The van der Waals surface area contributed by atoms with E-state index in [0.29, 0.717) is 11.0 Å². The number of rotatable bonds is 5. The van der Waals surface area contributed by atoms with E-state index in [0.717, 1.165) is 31.7 Å². The van der Waals surface area contributed by atoms with Crippen LogP contribution in [-0.4, -0.2) is 33.9 Å². The molecule has 1 saturated heterocycles. The Morgan fingerprint density at radius 3 is 3.04 bits per heavy atom. The van der Waals surface area contributed by atoms with Gasteiger partial charge in [0.15, 0.2) is 5.13 Å². The maximum atomic E-state index is 11.1. The van der Waals surface area contributed by atoms with Crippen molar-refractivity contribution in [3.05, 3.63) is 40.2 Å². The molecule has 0 bridgehead atoms. The fourth-order valence-corrected chi connectivity index (χ4v) is 4.40. The van der Waals surface area contributed by atoms with Crippen molar-refractivity contribution < 1.29 is 4.79 Å². The number of nitrogens with zero attached hydrogens (tertiary/aromatic N) is 3. The molecule has 6 heteroatoms. The van der Waals surface area contributed by atoms with E-state index in [1.807, 2.05) is 12.4 Å². The van der Waals surface area contributed by atoms with Crippen LogP contribution in [0.4, 0.5) is 5.13 Å². The van der Waals surface area contributed by atoms with E-state index in [1.54, 1.807) is 11.3 Å². The van der Waals surface area contributed by atoms with Crippen molar-refractivity contribution in [1.82, 2.24) is 14.9 Å². The molecule has 1 aliphatic heterocycles. The minimum atomic E-state index is -0.0676. The lowest BCUT2D eigenvalue weighted by atomic mass is 9.89. The van der Waals surface area contributed by atoms with Crippen LogP contribution < -0.4 is 5.32 Å². The van der Waals surface area contributed by atoms with Crippen molar-refractivity contribution in [2.24, 2.45) is 5.92 Å². The molecule has 0 saturated carbocycles. The summed E-state index contributed by atoms with van der Waals surface area (Å²) < 4.78 is 0. The number of anilines is 1. The van der Waals surface area contributed by atoms with Gasteiger partial charge in [-0.3, -0.25) is 14.7 Å². The molecule has 1 N–H and O–H groups in total. The van der Waals surface area contributed by atoms with E-state index in [4.69, 9.17) is 0 Å². The van der Waals surface area contributed by atoms with Gasteiger partial charge in [-0.25, -0.2) is 4.98 Å². The summed E-state index contributed by atoms with van der Waals surface area (Å²) in [6.07, 6.45) is 7.48. The second-order valence-corrected chi connectivity index (χ2v) is 8.06. The highest BCUT2D eigenvalue weighted by Gasteiger charge is 2.21. The van der Waals surface area contributed by atoms with Gasteiger partial charge in [-0.2, -0.15) is 0 Å². The van der Waals surface area contributed by atoms with Crippen molar-refractivity contribution in [2.75, 3.05) is 18.4 Å². The van der Waals surface area contributed by atoms with Gasteiger partial charge in [0.25, 0.3) is 0 Å². The molecule has 2 aromatic rings. The van der Waals surface area contributed by atoms with Crippen molar-refractivity contribution >= 4 is 22.4 Å². The third-order valence-electron chi connectivity index (χ3n) is 4.90. The first-order valence-corrected chi connectivity index (χ1v) is 9.68. The maximum Gasteiger partial charge on any atom is 0.223 e. The average Bonchev–Trinajstić information content (AvgIpc) is 2.98. The fourth-order valence-electron chi connectivity index (χ4n) is 3.50. The molecule has 1 unspecified atom stereocenters. The quantitative estimate of drug-likeness (QED) is 0.888. The summed E-state index contributed by atoms with van der Waals surface area (Å²) in [6, 6.07) is 2.17. The number of nitrogens with one attached hydrogen (secondary N) is 1. The Bertz CT molecular complexity index is 743. The molecule has 0 aliphatic carbocycles. The van der Waals surface area contributed by atoms with Gasteiger partial charge in [-0.1, -0.05) is 0 Å². The lowest BCUT2D eigenvalue weighted by Crippen LogP contribution is -2.35. The van der Waals surface area contributed by atoms with Gasteiger partial charge in [0.2, 0.25) is 5.91 Å². The molecule has 3 rings (SSSR count). The van der Waals surface area contributed by atoms with Crippen LogP contribution in [0.1, 0.15) is 41.5 Å². The monoisotopic (exact) mass is 358 g/mol. The number of amides is 1. The Morgan fingerprint density at radius 1 is 1.40 bits per heavy atom. The normalized spacial score (nSPS) is 18.3. The highest BCUT2D eigenvalue weighted by molar-refractivity contribution is 7.15. The molecule has 1 amide bonds. The first-order valence-electron chi connectivity index (χ1n) is 8.87. The number of carbonyl (C=O) groups excluding carboxylic acids is 1. The molecule has 0 radical (unpaired) electrons. The number of pyridine rings is 1. The lowest BCUT2D eigenvalue weighted by Gasteiger charge is -2.32. The van der Waals surface area contributed by atoms with Crippen molar-refractivity contribution in [1.29, 1.82) is 0 Å². The van der Waals surface area contributed by atoms with Crippen LogP contribution >= 0.6 is 11.3 Å². The van der Waals surface area contributed by atoms with Gasteiger partial charge in [0.05, 0.1) is 0 Å². The minimum absolute atomic E-state index is 0.0676. The summed E-state index contributed by atoms with van der Waals surface area (Å²) in [5, 5.41) is 3.45. The smallest absolute Gasteiger partial charge is 0.223 e. The molecular formula is C19H26N4OS. The zero-order valence-corrected chi connectivity index (χ0v) is 16.0. The SMILES string of the molecule is CC(=O)Nc1ncc(CN2CCCC(Cc3ccnc(C)c3C)C2)s1. The number of piperidine rings is 1. The van der Waals surface area contributed by atoms with Crippen LogP contribution in [0.3, 0.4) is 0 Å². The predicted molar refractivity (Wildman–Crippen MR) is 102 cm³/mol. The van der Waals surface area contributed by atoms with Gasteiger partial charge < -0.3 is 5.32 Å². The average molecular weight is 359 g/mol. The number of carbonyl (C=O) groups is 1. The van der Waals surface area contributed by atoms with Crippen molar-refractivity contribution in [3.8, 4) is 0 Å². The zero-order valence-electron chi connectivity index (χ0n) is 15.2. The summed E-state index contributed by atoms with van der Waals surface area (Å²) >= 11 is 1.57. The number of aromatic nitrogens is 2. The topological polar surface area (TPSA) is 58.1 Å². The van der Waals surface area contributed by atoms with Gasteiger partial charge in [0, 0.05) is 43.0 Å². The maximum absolute atomic E-state index is 11.1. The number of aryl methyl sites for hydroxylation is 1. The van der Waals surface area contributed by atoms with E-state index in [9.17, 15) is 4.79 Å². The summed E-state index contributed by atoms with van der Waals surface area (Å²) in [5.74, 6) is 0.624. The van der Waals surface area contributed by atoms with Crippen molar-refractivity contribution in [3.63, 3.8) is 0 Å². The van der Waals surface area contributed by atoms with E-state index in [1.165, 1.54) is 35.8 Å². The second-order valence-electron chi connectivity index (χ2n) is 6.94. The summed E-state index contributed by atoms with van der Waals surface area (Å²) in [5.41, 5.74) is 3.91. The van der Waals surface area contributed by atoms with Crippen LogP contribution in [0.2, 0.25) is 0 Å². The molecule has 0 aromatic carbocycles. The number of likely N-dealkylation sites (tertiary alicyclic amines) is 1. The standard InChI is InChI=1S/C19H26N4OS/c1-13-14(2)20-7-6-17(13)9-16-5-4-8-23(11-16)12-18-10-21-19(25-18)22-15(3)24/h6-7,10,16H,4-5,8-9,11-12H2,1-3H3,(H,21,22,24). The summed E-state index contributed by atoms with van der Waals surface area (Å²) in [4.78, 5) is 23.5. The van der Waals surface area contributed by atoms with Gasteiger partial charge in [-0.05, 0) is 62.8 Å². The van der Waals surface area contributed by atoms with E-state index >= 15 is 0 Å². The Labute approximate surface area is 153 Å². The Morgan fingerprint density at radius 2 is 2.24 bits per heavy atom. The largest absolute Gasteiger partial charge is 0.302 e. The molecule has 1 atom stereocenters. The number of hydrogen-bond donors (Lipinski definition) is 1. The molecule has 1 aliphatic rings. The van der Waals surface area contributed by atoms with Crippen molar-refractivity contribution in [2.45, 2.75) is 46.6 Å². The molecule has 25 heavy (non-hydrogen) atoms. The van der Waals surface area contributed by atoms with Crippen LogP contribution in [0.15, 0.2) is 18.5 Å². The first kappa shape index (κ1) is 18.0. The predicted octanol–water partition coefficient (Wildman–Crippen LogP) is 3.57. The second kappa shape index (κ2) is 8.06. The summed E-state index contributed by atoms with van der Waals surface area (Å²) in [6.45, 7) is 8.95. The lowest BCUT2D eigenvalue weighted by molar-refractivity contribution is -0.114. The molecule has 3 heterocycles. The van der Waals surface area contributed by atoms with Crippen LogP contribution in [0.5, 0.6) is 0 Å². The van der Waals surface area contributed by atoms with E-state index in [-0.39, 0.29) is 5.91 Å². The third kappa shape index (κ3) is 4.86. The molecular weight excluding hydrogens is 332 g/mol. The Hall–Kier alpha value is -1.79. The molecule has 5 nitrogen and oxygen atoms in total. The van der Waals surface area contributed by atoms with Gasteiger partial charge in [-0.15, -0.1) is 11.3 Å². The molecule has 2 aromatic heterocycles. The number of hydrogen-bond acceptors (Lipinski definition) is 5. The minimum Gasteiger partial charge on any atom is -0.302 e. The third-order valence-corrected chi connectivity index (χ3v) is 5.79. The highest BCUT2D eigenvalue weighted by Crippen LogP contribution is 2.26. The highest BCUT2D eigenvalue weighted by atomic mass is 32.1. The van der Waals surface area contributed by atoms with Crippen LogP contribution in [-0.2, 0) is 17.8 Å². The summed E-state index contributed by atoms with van der Waals surface area (Å²) in [7, 11) is 0. The Kier molecular flexibility index (Phi) is 5.81. The van der Waals surface area contributed by atoms with Gasteiger partial charge in [0.1, 0.15) is 0 Å². The van der Waals surface area contributed by atoms with E-state index in [2.05, 4.69) is 40.1 Å². The van der Waals surface area contributed by atoms with Crippen LogP contribution in [0.25, 0.3) is 0 Å². The fraction of sp³-hybridized carbons (Fsp3) is 0.526. The first-order chi connectivity index (χ1) is 12.0. The van der Waals surface area contributed by atoms with E-state index < -0.39 is 0 Å². The Balaban J connectivity index is 1.58. The van der Waals surface area contributed by atoms with Gasteiger partial charge >= 0.3 is 0 Å².